The van der Waals surface area contributed by atoms with E-state index in [0.29, 0.717) is 18.5 Å². The highest BCUT2D eigenvalue weighted by molar-refractivity contribution is 7.98. The number of thiophene rings is 1. The van der Waals surface area contributed by atoms with E-state index in [4.69, 9.17) is 16.4 Å². The minimum Gasteiger partial charge on any atom is -0.370 e. The molecule has 42 heavy (non-hydrogen) atoms. The molecule has 2 aliphatic rings. The number of piperidine rings is 1. The van der Waals surface area contributed by atoms with Gasteiger partial charge in [0, 0.05) is 51.9 Å². The largest absolute Gasteiger partial charge is 0.370 e. The molecule has 0 radical (unpaired) electrons. The van der Waals surface area contributed by atoms with Gasteiger partial charge in [0.05, 0.1) is 6.54 Å². The fourth-order valence-corrected chi connectivity index (χ4v) is 6.67. The van der Waals surface area contributed by atoms with E-state index < -0.39 is 0 Å². The Morgan fingerprint density at radius 2 is 1.76 bits per heavy atom. The lowest BCUT2D eigenvalue weighted by atomic mass is 9.93. The summed E-state index contributed by atoms with van der Waals surface area (Å²) in [6.45, 7) is 25.6. The Bertz CT molecular complexity index is 1030. The average molecular weight is 638 g/mol. The summed E-state index contributed by atoms with van der Waals surface area (Å²) < 4.78 is 1.24. The first-order valence-electron chi connectivity index (χ1n) is 15.2. The summed E-state index contributed by atoms with van der Waals surface area (Å²) in [5, 5.41) is 1.94. The van der Waals surface area contributed by atoms with Gasteiger partial charge in [-0.1, -0.05) is 45.9 Å². The summed E-state index contributed by atoms with van der Waals surface area (Å²) in [5.74, 6) is 1.61. The zero-order chi connectivity index (χ0) is 32.1. The Kier molecular flexibility index (Phi) is 22.6. The zero-order valence-corrected chi connectivity index (χ0v) is 29.5. The van der Waals surface area contributed by atoms with Gasteiger partial charge in [0.15, 0.2) is 0 Å². The molecule has 238 valence electrons. The Balaban J connectivity index is 0.00000150. The number of halogens is 1. The standard InChI is InChI=1S/C26H36ClN3OS.C3H8S.C2H6.C2H4.CH2O/c1-4-11-28(3)18-23-8-6-13-30(23)19(2)17-29-12-5-7-20(26(29)31)15-24-16-21-14-22(27)9-10-25(21)32-24;1-3-4-2;3*1-2/h9-10,14,16,20,23H,2,4-8,11-13,15,17-18H2,1,3H3;3H2,1-2H3;1-2H3;1-2H2;1H2/t20-,23?;;;;/m1..../s1. The Hall–Kier alpha value is -1.80. The van der Waals surface area contributed by atoms with Crippen molar-refractivity contribution in [3.63, 3.8) is 0 Å². The van der Waals surface area contributed by atoms with Crippen LogP contribution in [0.4, 0.5) is 0 Å². The van der Waals surface area contributed by atoms with Crippen molar-refractivity contribution in [2.75, 3.05) is 51.8 Å². The third kappa shape index (κ3) is 13.2. The second-order valence-electron chi connectivity index (χ2n) is 10.1. The van der Waals surface area contributed by atoms with Crippen molar-refractivity contribution < 1.29 is 9.59 Å². The predicted octanol–water partition coefficient (Wildman–Crippen LogP) is 8.67. The molecular weight excluding hydrogens is 582 g/mol. The second kappa shape index (κ2) is 23.6. The van der Waals surface area contributed by atoms with Crippen molar-refractivity contribution in [2.45, 2.75) is 72.3 Å². The van der Waals surface area contributed by atoms with Crippen LogP contribution in [-0.4, -0.2) is 85.2 Å². The molecule has 0 bridgehead atoms. The van der Waals surface area contributed by atoms with Crippen LogP contribution in [0.3, 0.4) is 0 Å². The van der Waals surface area contributed by atoms with Crippen LogP contribution in [0.2, 0.25) is 5.02 Å². The van der Waals surface area contributed by atoms with Gasteiger partial charge in [0.25, 0.3) is 0 Å². The Labute approximate surface area is 270 Å². The number of amides is 1. The molecule has 8 heteroatoms. The average Bonchev–Trinajstić information content (AvgIpc) is 3.64. The fraction of sp³-hybridized carbons (Fsp3) is 0.588. The number of thioether (sulfide) groups is 1. The molecule has 2 saturated heterocycles. The molecule has 1 aromatic heterocycles. The molecule has 1 unspecified atom stereocenters. The van der Waals surface area contributed by atoms with Crippen LogP contribution in [0.5, 0.6) is 0 Å². The van der Waals surface area contributed by atoms with Crippen LogP contribution < -0.4 is 0 Å². The normalized spacial score (nSPS) is 17.7. The van der Waals surface area contributed by atoms with Crippen LogP contribution in [0.25, 0.3) is 10.1 Å². The van der Waals surface area contributed by atoms with Crippen LogP contribution in [0.15, 0.2) is 49.7 Å². The number of benzene rings is 1. The summed E-state index contributed by atoms with van der Waals surface area (Å²) in [6.07, 6.45) is 8.59. The number of likely N-dealkylation sites (tertiary alicyclic amines) is 2. The first kappa shape index (κ1) is 40.2. The van der Waals surface area contributed by atoms with Gasteiger partial charge in [-0.3, -0.25) is 4.79 Å². The summed E-state index contributed by atoms with van der Waals surface area (Å²) >= 11 is 9.79. The van der Waals surface area contributed by atoms with Crippen molar-refractivity contribution >= 4 is 57.5 Å². The number of likely N-dealkylation sites (N-methyl/N-ethyl adjacent to an activating group) is 1. The van der Waals surface area contributed by atoms with Gasteiger partial charge in [0.2, 0.25) is 5.91 Å². The smallest absolute Gasteiger partial charge is 0.226 e. The lowest BCUT2D eigenvalue weighted by Crippen LogP contribution is -2.46. The lowest BCUT2D eigenvalue weighted by Gasteiger charge is -2.37. The summed E-state index contributed by atoms with van der Waals surface area (Å²) in [5.41, 5.74) is 1.11. The molecule has 5 nitrogen and oxygen atoms in total. The molecule has 0 N–H and O–H groups in total. The number of hydrogen-bond donors (Lipinski definition) is 0. The number of carbonyl (C=O) groups excluding carboxylic acids is 2. The summed E-state index contributed by atoms with van der Waals surface area (Å²) in [6, 6.07) is 8.77. The van der Waals surface area contributed by atoms with Crippen molar-refractivity contribution in [1.82, 2.24) is 14.7 Å². The molecule has 2 aliphatic heterocycles. The van der Waals surface area contributed by atoms with E-state index in [0.717, 1.165) is 56.2 Å². The van der Waals surface area contributed by atoms with Gasteiger partial charge in [-0.15, -0.1) is 24.5 Å². The van der Waals surface area contributed by atoms with E-state index >= 15 is 0 Å². The first-order valence-corrected chi connectivity index (χ1v) is 17.8. The van der Waals surface area contributed by atoms with Gasteiger partial charge in [-0.2, -0.15) is 11.8 Å². The molecule has 4 rings (SSSR count). The number of rotatable bonds is 10. The number of nitrogens with zero attached hydrogens (tertiary/aromatic N) is 3. The summed E-state index contributed by atoms with van der Waals surface area (Å²) in [7, 11) is 2.21. The fourth-order valence-electron chi connectivity index (χ4n) is 5.37. The second-order valence-corrected chi connectivity index (χ2v) is 12.9. The van der Waals surface area contributed by atoms with Gasteiger partial charge < -0.3 is 19.5 Å². The van der Waals surface area contributed by atoms with Crippen LogP contribution in [-0.2, 0) is 16.0 Å². The van der Waals surface area contributed by atoms with Gasteiger partial charge in [-0.05, 0) is 93.8 Å². The minimum absolute atomic E-state index is 0.0742. The highest BCUT2D eigenvalue weighted by Crippen LogP contribution is 2.32. The topological polar surface area (TPSA) is 43.9 Å². The van der Waals surface area contributed by atoms with Crippen LogP contribution in [0.1, 0.15) is 64.7 Å². The van der Waals surface area contributed by atoms with Crippen molar-refractivity contribution in [3.8, 4) is 0 Å². The van der Waals surface area contributed by atoms with E-state index in [1.54, 1.807) is 11.3 Å². The summed E-state index contributed by atoms with van der Waals surface area (Å²) in [4.78, 5) is 29.6. The van der Waals surface area contributed by atoms with Gasteiger partial charge in [-0.25, -0.2) is 0 Å². The van der Waals surface area contributed by atoms with E-state index in [1.165, 1.54) is 40.0 Å². The molecular formula is C34H56ClN3O2S2. The molecule has 2 atom stereocenters. The monoisotopic (exact) mass is 637 g/mol. The molecule has 0 aliphatic carbocycles. The highest BCUT2D eigenvalue weighted by Gasteiger charge is 2.32. The van der Waals surface area contributed by atoms with E-state index in [1.807, 2.05) is 44.5 Å². The third-order valence-electron chi connectivity index (χ3n) is 7.19. The number of fused-ring (bicyclic) bond motifs is 1. The van der Waals surface area contributed by atoms with Gasteiger partial charge >= 0.3 is 0 Å². The Morgan fingerprint density at radius 3 is 2.38 bits per heavy atom. The number of carbonyl (C=O) groups is 2. The molecule has 2 aromatic rings. The molecule has 1 aromatic carbocycles. The predicted molar refractivity (Wildman–Crippen MR) is 190 cm³/mol. The third-order valence-corrected chi connectivity index (χ3v) is 9.14. The maximum absolute atomic E-state index is 13.3. The van der Waals surface area contributed by atoms with Crippen molar-refractivity contribution in [1.29, 1.82) is 0 Å². The van der Waals surface area contributed by atoms with E-state index in [2.05, 4.69) is 73.7 Å². The van der Waals surface area contributed by atoms with Crippen molar-refractivity contribution in [2.24, 2.45) is 5.92 Å². The zero-order valence-electron chi connectivity index (χ0n) is 27.1. The number of hydrogen-bond acceptors (Lipinski definition) is 6. The van der Waals surface area contributed by atoms with Gasteiger partial charge in [0.1, 0.15) is 6.79 Å². The maximum Gasteiger partial charge on any atom is 0.226 e. The molecule has 0 spiro atoms. The Morgan fingerprint density at radius 1 is 1.12 bits per heavy atom. The van der Waals surface area contributed by atoms with Crippen LogP contribution in [0, 0.1) is 5.92 Å². The van der Waals surface area contributed by atoms with E-state index in [-0.39, 0.29) is 5.92 Å². The molecule has 3 heterocycles. The molecule has 0 saturated carbocycles. The molecule has 1 amide bonds. The first-order chi connectivity index (χ1) is 20.4. The molecule has 2 fully saturated rings. The SMILES string of the molecule is C=C.C=C(CN1CCC[C@H](Cc2cc3cc(Cl)ccc3s2)C1=O)N1CCCC1CN(C)CCC.C=O.CC.CCSC. The highest BCUT2D eigenvalue weighted by atomic mass is 35.5. The maximum atomic E-state index is 13.3. The minimum atomic E-state index is 0.0742. The lowest BCUT2D eigenvalue weighted by molar-refractivity contribution is -0.138. The van der Waals surface area contributed by atoms with Crippen molar-refractivity contribution in [3.05, 3.63) is 59.6 Å². The van der Waals surface area contributed by atoms with Crippen LogP contribution >= 0.6 is 34.7 Å². The quantitative estimate of drug-likeness (QED) is 0.244. The van der Waals surface area contributed by atoms with E-state index in [9.17, 15) is 4.79 Å².